The van der Waals surface area contributed by atoms with Gasteiger partial charge in [-0.2, -0.15) is 0 Å². The number of halogens is 2. The summed E-state index contributed by atoms with van der Waals surface area (Å²) < 4.78 is 0. The van der Waals surface area contributed by atoms with Crippen LogP contribution in [0.1, 0.15) is 58.8 Å². The van der Waals surface area contributed by atoms with Gasteiger partial charge in [0.1, 0.15) is 5.60 Å². The molecule has 0 radical (unpaired) electrons. The van der Waals surface area contributed by atoms with Gasteiger partial charge >= 0.3 is 0 Å². The minimum Gasteiger partial charge on any atom is -0.393 e. The Morgan fingerprint density at radius 2 is 1.82 bits per heavy atom. The molecule has 5 unspecified atom stereocenters. The second kappa shape index (κ2) is 8.62. The van der Waals surface area contributed by atoms with Crippen LogP contribution in [0, 0.1) is 28.6 Å². The summed E-state index contributed by atoms with van der Waals surface area (Å²) in [5.74, 6) is 0.628. The molecule has 7 heteroatoms. The van der Waals surface area contributed by atoms with Gasteiger partial charge in [0, 0.05) is 26.8 Å². The predicted molar refractivity (Wildman–Crippen MR) is 135 cm³/mol. The second-order valence-corrected chi connectivity index (χ2v) is 13.2. The van der Waals surface area contributed by atoms with Crippen LogP contribution in [0.5, 0.6) is 0 Å². The molecule has 4 nitrogen and oxygen atoms in total. The van der Waals surface area contributed by atoms with Crippen molar-refractivity contribution in [3.8, 4) is 0 Å². The first-order valence-corrected chi connectivity index (χ1v) is 14.0. The first-order chi connectivity index (χ1) is 16.0. The van der Waals surface area contributed by atoms with Gasteiger partial charge in [0.25, 0.3) is 0 Å². The smallest absolute Gasteiger partial charge is 0.175 e. The van der Waals surface area contributed by atoms with Crippen molar-refractivity contribution in [2.75, 3.05) is 5.75 Å². The first kappa shape index (κ1) is 24.8. The highest BCUT2D eigenvalue weighted by Crippen LogP contribution is 2.67. The molecule has 34 heavy (non-hydrogen) atoms. The monoisotopic (exact) mass is 522 g/mol. The quantitative estimate of drug-likeness (QED) is 0.482. The van der Waals surface area contributed by atoms with Crippen molar-refractivity contribution >= 4 is 46.5 Å². The van der Waals surface area contributed by atoms with E-state index in [4.69, 9.17) is 23.2 Å². The van der Waals surface area contributed by atoms with Gasteiger partial charge in [-0.3, -0.25) is 9.59 Å². The Morgan fingerprint density at radius 3 is 2.53 bits per heavy atom. The molecule has 1 aromatic carbocycles. The number of allylic oxidation sites excluding steroid dienone is 1. The minimum atomic E-state index is -1.46. The summed E-state index contributed by atoms with van der Waals surface area (Å²) in [6.45, 7) is 4.23. The largest absolute Gasteiger partial charge is 0.393 e. The number of ketones is 2. The molecule has 3 fully saturated rings. The number of rotatable bonds is 4. The van der Waals surface area contributed by atoms with Gasteiger partial charge in [-0.15, -0.1) is 11.8 Å². The molecule has 1 aromatic rings. The van der Waals surface area contributed by atoms with Crippen molar-refractivity contribution in [1.82, 2.24) is 0 Å². The summed E-state index contributed by atoms with van der Waals surface area (Å²) in [6.07, 6.45) is 5.92. The number of hydrogen-bond acceptors (Lipinski definition) is 5. The highest BCUT2D eigenvalue weighted by Gasteiger charge is 2.68. The summed E-state index contributed by atoms with van der Waals surface area (Å²) >= 11 is 13.5. The number of fused-ring (bicyclic) bond motifs is 5. The Balaban J connectivity index is 1.39. The van der Waals surface area contributed by atoms with E-state index in [0.29, 0.717) is 29.3 Å². The summed E-state index contributed by atoms with van der Waals surface area (Å²) in [5, 5.41) is 24.4. The van der Waals surface area contributed by atoms with E-state index >= 15 is 0 Å². The fourth-order valence-corrected chi connectivity index (χ4v) is 9.64. The van der Waals surface area contributed by atoms with E-state index in [-0.39, 0.29) is 40.5 Å². The lowest BCUT2D eigenvalue weighted by atomic mass is 9.45. The number of thioether (sulfide) groups is 1. The fourth-order valence-electron chi connectivity index (χ4n) is 8.03. The molecule has 0 aliphatic heterocycles. The Kier molecular flexibility index (Phi) is 6.30. The molecule has 4 aliphatic carbocycles. The normalized spacial score (nSPS) is 41.4. The molecule has 4 aliphatic rings. The van der Waals surface area contributed by atoms with E-state index in [9.17, 15) is 19.8 Å². The predicted octanol–water partition coefficient (Wildman–Crippen LogP) is 5.89. The van der Waals surface area contributed by atoms with Crippen LogP contribution in [-0.4, -0.2) is 39.2 Å². The zero-order chi connectivity index (χ0) is 24.5. The maximum Gasteiger partial charge on any atom is 0.175 e. The molecular weight excluding hydrogens is 491 g/mol. The second-order valence-electron chi connectivity index (χ2n) is 11.3. The van der Waals surface area contributed by atoms with Crippen molar-refractivity contribution < 1.29 is 19.8 Å². The molecule has 0 amide bonds. The van der Waals surface area contributed by atoms with Crippen LogP contribution < -0.4 is 0 Å². The number of hydrogen-bond donors (Lipinski definition) is 2. The molecule has 3 saturated carbocycles. The van der Waals surface area contributed by atoms with Crippen molar-refractivity contribution in [2.24, 2.45) is 28.6 Å². The summed E-state index contributed by atoms with van der Waals surface area (Å²) in [5.41, 5.74) is -1.12. The molecule has 0 heterocycles. The topological polar surface area (TPSA) is 74.6 Å². The highest BCUT2D eigenvalue weighted by atomic mass is 35.5. The van der Waals surface area contributed by atoms with Crippen LogP contribution in [0.25, 0.3) is 0 Å². The van der Waals surface area contributed by atoms with Crippen molar-refractivity contribution in [3.63, 3.8) is 0 Å². The molecule has 0 bridgehead atoms. The molecule has 2 N–H and O–H groups in total. The molecule has 0 saturated heterocycles. The Bertz CT molecular complexity index is 1050. The molecule has 0 aromatic heterocycles. The third-order valence-corrected chi connectivity index (χ3v) is 11.1. The fraction of sp³-hybridized carbons (Fsp3) is 0.630. The third kappa shape index (κ3) is 3.73. The van der Waals surface area contributed by atoms with E-state index in [1.807, 2.05) is 13.0 Å². The van der Waals surface area contributed by atoms with Crippen molar-refractivity contribution in [3.05, 3.63) is 39.9 Å². The zero-order valence-corrected chi connectivity index (χ0v) is 22.0. The van der Waals surface area contributed by atoms with Gasteiger partial charge in [0.15, 0.2) is 11.6 Å². The Labute approximate surface area is 215 Å². The summed E-state index contributed by atoms with van der Waals surface area (Å²) in [7, 11) is 0. The summed E-state index contributed by atoms with van der Waals surface area (Å²) in [6, 6.07) is 5.19. The van der Waals surface area contributed by atoms with Crippen molar-refractivity contribution in [2.45, 2.75) is 75.4 Å². The average Bonchev–Trinajstić information content (AvgIpc) is 3.03. The van der Waals surface area contributed by atoms with E-state index in [0.717, 1.165) is 30.6 Å². The van der Waals surface area contributed by atoms with Crippen LogP contribution in [0.4, 0.5) is 0 Å². The van der Waals surface area contributed by atoms with E-state index in [1.165, 1.54) is 17.3 Å². The van der Waals surface area contributed by atoms with Crippen LogP contribution in [0.3, 0.4) is 0 Å². The molecule has 184 valence electrons. The van der Waals surface area contributed by atoms with Crippen LogP contribution in [0.2, 0.25) is 10.0 Å². The van der Waals surface area contributed by atoms with Gasteiger partial charge in [-0.1, -0.05) is 42.6 Å². The number of carbonyl (C=O) groups excluding carboxylic acids is 2. The number of Topliss-reactive ketones (excluding diaryl/α,β-unsaturated/α-hetero) is 1. The zero-order valence-electron chi connectivity index (χ0n) is 19.7. The van der Waals surface area contributed by atoms with Gasteiger partial charge in [-0.05, 0) is 86.0 Å². The van der Waals surface area contributed by atoms with Crippen LogP contribution >= 0.6 is 35.0 Å². The van der Waals surface area contributed by atoms with Gasteiger partial charge < -0.3 is 10.2 Å². The number of carbonyl (C=O) groups is 2. The summed E-state index contributed by atoms with van der Waals surface area (Å²) in [4.78, 5) is 26.4. The van der Waals surface area contributed by atoms with Crippen LogP contribution in [-0.2, 0) is 9.59 Å². The lowest BCUT2D eigenvalue weighted by Crippen LogP contribution is -2.61. The Morgan fingerprint density at radius 1 is 1.12 bits per heavy atom. The molecule has 5 rings (SSSR count). The number of benzene rings is 1. The van der Waals surface area contributed by atoms with Gasteiger partial charge in [0.05, 0.1) is 11.9 Å². The Hall–Kier alpha value is -0.850. The SMILES string of the molecule is CC12CCC(=O)C=C1CCC1C2[C@@H](O)CC2(C)C1CC[C@]2(O)C(=O)CSc1cc(Cl)cc(Cl)c1. The maximum atomic E-state index is 13.5. The molecule has 7 atom stereocenters. The lowest BCUT2D eigenvalue weighted by Gasteiger charge is -2.60. The van der Waals surface area contributed by atoms with E-state index in [1.54, 1.807) is 18.2 Å². The van der Waals surface area contributed by atoms with Crippen molar-refractivity contribution in [1.29, 1.82) is 0 Å². The lowest BCUT2D eigenvalue weighted by molar-refractivity contribution is -0.178. The number of aliphatic hydroxyl groups excluding tert-OH is 1. The molecular formula is C27H32Cl2O4S. The van der Waals surface area contributed by atoms with Gasteiger partial charge in [-0.25, -0.2) is 0 Å². The van der Waals surface area contributed by atoms with E-state index < -0.39 is 17.1 Å². The minimum absolute atomic E-state index is 0.0686. The maximum absolute atomic E-state index is 13.5. The van der Waals surface area contributed by atoms with Crippen LogP contribution in [0.15, 0.2) is 34.7 Å². The van der Waals surface area contributed by atoms with Gasteiger partial charge in [0.2, 0.25) is 0 Å². The average molecular weight is 524 g/mol. The van der Waals surface area contributed by atoms with E-state index in [2.05, 4.69) is 6.92 Å². The standard InChI is InChI=1S/C27H32Cl2O4S/c1-25-7-5-18(30)9-15(25)3-4-20-21-6-8-27(33,26(21,2)13-22(31)24(20)25)23(32)14-34-19-11-16(28)10-17(29)12-19/h9-12,20-22,24,31,33H,3-8,13-14H2,1-2H3/t20?,21?,22-,24?,25?,26?,27-/m0/s1. The number of aliphatic hydroxyl groups is 2. The third-order valence-electron chi connectivity index (χ3n) is 9.72. The molecule has 0 spiro atoms. The highest BCUT2D eigenvalue weighted by molar-refractivity contribution is 8.00. The first-order valence-electron chi connectivity index (χ1n) is 12.2.